The van der Waals surface area contributed by atoms with Gasteiger partial charge in [-0.2, -0.15) is 0 Å². The van der Waals surface area contributed by atoms with Crippen LogP contribution in [-0.4, -0.2) is 28.0 Å². The van der Waals surface area contributed by atoms with Crippen molar-refractivity contribution in [2.75, 3.05) is 0 Å². The molecule has 0 fully saturated rings. The Morgan fingerprint density at radius 2 is 2.00 bits per heavy atom. The third-order valence-corrected chi connectivity index (χ3v) is 1.22. The molecule has 0 unspecified atom stereocenters. The lowest BCUT2D eigenvalue weighted by Crippen LogP contribution is -2.26. The summed E-state index contributed by atoms with van der Waals surface area (Å²) in [5.41, 5.74) is -0.321. The van der Waals surface area contributed by atoms with Crippen LogP contribution in [-0.2, 0) is 9.59 Å². The topological polar surface area (TPSA) is 99.0 Å². The van der Waals surface area contributed by atoms with Gasteiger partial charge in [0.1, 0.15) is 0 Å². The van der Waals surface area contributed by atoms with E-state index in [1.54, 1.807) is 0 Å². The summed E-state index contributed by atoms with van der Waals surface area (Å²) in [5, 5.41) is 19.4. The van der Waals surface area contributed by atoms with Crippen molar-refractivity contribution < 1.29 is 19.8 Å². The zero-order chi connectivity index (χ0) is 9.84. The van der Waals surface area contributed by atoms with Gasteiger partial charge in [0.15, 0.2) is 5.70 Å². The highest BCUT2D eigenvalue weighted by Crippen LogP contribution is 2.00. The molecule has 0 aromatic heterocycles. The van der Waals surface area contributed by atoms with Gasteiger partial charge in [-0.05, 0) is 12.2 Å². The fraction of sp³-hybridized carbons (Fsp3) is 0. The van der Waals surface area contributed by atoms with Crippen LogP contribution >= 0.6 is 0 Å². The summed E-state index contributed by atoms with van der Waals surface area (Å²) in [5.74, 6) is -2.99. The van der Waals surface area contributed by atoms with Gasteiger partial charge in [-0.3, -0.25) is 0 Å². The van der Waals surface area contributed by atoms with E-state index >= 15 is 0 Å². The first kappa shape index (κ1) is 8.98. The van der Waals surface area contributed by atoms with Gasteiger partial charge in [-0.1, -0.05) is 0 Å². The first-order chi connectivity index (χ1) is 6.11. The maximum atomic E-state index is 10.4. The van der Waals surface area contributed by atoms with E-state index in [4.69, 9.17) is 10.2 Å². The van der Waals surface area contributed by atoms with Crippen LogP contribution in [0.4, 0.5) is 0 Å². The summed E-state index contributed by atoms with van der Waals surface area (Å²) >= 11 is 0. The second kappa shape index (κ2) is 3.53. The Bertz CT molecular complexity index is 340. The number of carbonyl (C=O) groups is 2. The minimum atomic E-state index is -1.31. The third-order valence-electron chi connectivity index (χ3n) is 1.22. The van der Waals surface area contributed by atoms with E-state index in [0.29, 0.717) is 0 Å². The second-order valence-electron chi connectivity index (χ2n) is 2.13. The molecule has 6 nitrogen and oxygen atoms in total. The largest absolute Gasteiger partial charge is 0.477 e. The highest BCUT2D eigenvalue weighted by atomic mass is 16.4. The molecular formula is C7H6N2O4. The molecule has 13 heavy (non-hydrogen) atoms. The average molecular weight is 182 g/mol. The number of carboxylic acids is 2. The van der Waals surface area contributed by atoms with Gasteiger partial charge in [0.05, 0.1) is 0 Å². The summed E-state index contributed by atoms with van der Waals surface area (Å²) in [6.45, 7) is 0. The second-order valence-corrected chi connectivity index (χ2v) is 2.13. The van der Waals surface area contributed by atoms with Crippen LogP contribution in [0.1, 0.15) is 0 Å². The number of carboxylic acid groups (broad SMARTS) is 2. The van der Waals surface area contributed by atoms with Crippen molar-refractivity contribution in [2.45, 2.75) is 0 Å². The van der Waals surface area contributed by atoms with Gasteiger partial charge in [0, 0.05) is 6.20 Å². The Hall–Kier alpha value is -2.11. The summed E-state index contributed by atoms with van der Waals surface area (Å²) < 4.78 is 0. The Labute approximate surface area is 72.9 Å². The molecule has 68 valence electrons. The lowest BCUT2D eigenvalue weighted by molar-refractivity contribution is -0.132. The molecule has 1 aliphatic heterocycles. The van der Waals surface area contributed by atoms with Crippen molar-refractivity contribution in [2.24, 2.45) is 4.99 Å². The molecule has 6 heteroatoms. The van der Waals surface area contributed by atoms with E-state index < -0.39 is 17.8 Å². The molecule has 0 saturated carbocycles. The fourth-order valence-corrected chi connectivity index (χ4v) is 0.685. The Morgan fingerprint density at radius 3 is 2.54 bits per heavy atom. The number of aliphatic imine (C=N–C) groups is 1. The van der Waals surface area contributed by atoms with E-state index in [-0.39, 0.29) is 5.70 Å². The van der Waals surface area contributed by atoms with E-state index in [0.717, 1.165) is 0 Å². The Balaban J connectivity index is 3.03. The SMILES string of the molecule is O=C(O)C1=CC=CNC(C(=O)O)=N1. The van der Waals surface area contributed by atoms with Gasteiger partial charge in [0.25, 0.3) is 0 Å². The normalized spacial score (nSPS) is 15.1. The predicted octanol–water partition coefficient (Wildman–Crippen LogP) is -0.445. The molecule has 0 amide bonds. The zero-order valence-corrected chi connectivity index (χ0v) is 6.39. The lowest BCUT2D eigenvalue weighted by atomic mass is 10.4. The molecular weight excluding hydrogens is 176 g/mol. The number of rotatable bonds is 2. The summed E-state index contributed by atoms with van der Waals surface area (Å²) in [7, 11) is 0. The molecule has 0 saturated heterocycles. The van der Waals surface area contributed by atoms with Crippen LogP contribution in [0.2, 0.25) is 0 Å². The van der Waals surface area contributed by atoms with Gasteiger partial charge >= 0.3 is 11.9 Å². The van der Waals surface area contributed by atoms with E-state index in [2.05, 4.69) is 10.3 Å². The number of hydrogen-bond acceptors (Lipinski definition) is 4. The average Bonchev–Trinajstić information content (AvgIpc) is 2.28. The Morgan fingerprint density at radius 1 is 1.31 bits per heavy atom. The highest BCUT2D eigenvalue weighted by molar-refractivity contribution is 6.35. The summed E-state index contributed by atoms with van der Waals surface area (Å²) in [6.07, 6.45) is 3.86. The lowest BCUT2D eigenvalue weighted by Gasteiger charge is -1.97. The predicted molar refractivity (Wildman–Crippen MR) is 43.1 cm³/mol. The van der Waals surface area contributed by atoms with Gasteiger partial charge in [0.2, 0.25) is 5.84 Å². The molecule has 3 N–H and O–H groups in total. The first-order valence-electron chi connectivity index (χ1n) is 3.30. The minimum Gasteiger partial charge on any atom is -0.477 e. The minimum absolute atomic E-state index is 0.321. The zero-order valence-electron chi connectivity index (χ0n) is 6.39. The molecule has 0 radical (unpaired) electrons. The number of allylic oxidation sites excluding steroid dienone is 2. The number of hydrogen-bond donors (Lipinski definition) is 3. The summed E-state index contributed by atoms with van der Waals surface area (Å²) in [4.78, 5) is 24.3. The third kappa shape index (κ3) is 2.16. The monoisotopic (exact) mass is 182 g/mol. The number of nitrogens with zero attached hydrogens (tertiary/aromatic N) is 1. The van der Waals surface area contributed by atoms with Gasteiger partial charge in [-0.25, -0.2) is 14.6 Å². The first-order valence-corrected chi connectivity index (χ1v) is 3.30. The molecule has 0 spiro atoms. The molecule has 0 aromatic rings. The van der Waals surface area contributed by atoms with Crippen molar-refractivity contribution in [3.63, 3.8) is 0 Å². The van der Waals surface area contributed by atoms with Crippen molar-refractivity contribution in [3.05, 3.63) is 24.0 Å². The van der Waals surface area contributed by atoms with Crippen molar-refractivity contribution in [3.8, 4) is 0 Å². The number of nitrogens with one attached hydrogen (secondary N) is 1. The van der Waals surface area contributed by atoms with Crippen molar-refractivity contribution >= 4 is 17.8 Å². The van der Waals surface area contributed by atoms with Crippen LogP contribution in [0, 0.1) is 0 Å². The fourth-order valence-electron chi connectivity index (χ4n) is 0.685. The van der Waals surface area contributed by atoms with E-state index in [1.165, 1.54) is 18.4 Å². The van der Waals surface area contributed by atoms with Gasteiger partial charge in [-0.15, -0.1) is 0 Å². The number of amidine groups is 1. The van der Waals surface area contributed by atoms with Crippen molar-refractivity contribution in [1.29, 1.82) is 0 Å². The van der Waals surface area contributed by atoms with Crippen LogP contribution in [0.3, 0.4) is 0 Å². The van der Waals surface area contributed by atoms with Crippen LogP contribution in [0.15, 0.2) is 29.0 Å². The van der Waals surface area contributed by atoms with E-state index in [1.807, 2.05) is 0 Å². The molecule has 1 aliphatic rings. The maximum absolute atomic E-state index is 10.4. The number of aliphatic carboxylic acids is 2. The van der Waals surface area contributed by atoms with Crippen LogP contribution < -0.4 is 5.32 Å². The molecule has 0 aromatic carbocycles. The molecule has 0 atom stereocenters. The smallest absolute Gasteiger partial charge is 0.371 e. The quantitative estimate of drug-likeness (QED) is 0.537. The van der Waals surface area contributed by atoms with Crippen molar-refractivity contribution in [1.82, 2.24) is 5.32 Å². The summed E-state index contributed by atoms with van der Waals surface area (Å²) in [6, 6.07) is 0. The standard InChI is InChI=1S/C7H6N2O4/c10-6(11)4-2-1-3-8-5(9-4)7(12)13/h1-3H,(H,8,9)(H,10,11)(H,12,13). The molecule has 1 heterocycles. The molecule has 0 aliphatic carbocycles. The molecule has 1 rings (SSSR count). The Kier molecular flexibility index (Phi) is 2.44. The van der Waals surface area contributed by atoms with Crippen LogP contribution in [0.25, 0.3) is 0 Å². The van der Waals surface area contributed by atoms with E-state index in [9.17, 15) is 9.59 Å². The highest BCUT2D eigenvalue weighted by Gasteiger charge is 2.13. The van der Waals surface area contributed by atoms with Crippen LogP contribution in [0.5, 0.6) is 0 Å². The van der Waals surface area contributed by atoms with Gasteiger partial charge < -0.3 is 15.5 Å². The maximum Gasteiger partial charge on any atom is 0.371 e. The molecule has 0 bridgehead atoms.